The van der Waals surface area contributed by atoms with Crippen LogP contribution in [0.2, 0.25) is 0 Å². The molecule has 134 valence electrons. The van der Waals surface area contributed by atoms with Gasteiger partial charge in [0.2, 0.25) is 0 Å². The largest absolute Gasteiger partial charge is 0.377 e. The third kappa shape index (κ3) is 8.94. The molecule has 1 aliphatic carbocycles. The van der Waals surface area contributed by atoms with Crippen LogP contribution in [0.15, 0.2) is 16.6 Å². The smallest absolute Gasteiger partial charge is 0.191 e. The standard InChI is InChI=1S/C18H33N3O.HI/c1-2-19-18(20-12-5-8-16-6-3-4-7-16)21-13-9-17-10-14-22-15-11-17;/h10,16H,2-9,11-15H2,1H3,(H2,19,20,21);1H. The predicted molar refractivity (Wildman–Crippen MR) is 109 cm³/mol. The molecule has 0 spiro atoms. The van der Waals surface area contributed by atoms with Gasteiger partial charge in [-0.25, -0.2) is 0 Å². The zero-order valence-corrected chi connectivity index (χ0v) is 16.9. The van der Waals surface area contributed by atoms with Crippen molar-refractivity contribution in [1.82, 2.24) is 10.6 Å². The van der Waals surface area contributed by atoms with Gasteiger partial charge in [-0.15, -0.1) is 24.0 Å². The Morgan fingerprint density at radius 3 is 2.83 bits per heavy atom. The Hall–Kier alpha value is -0.300. The highest BCUT2D eigenvalue weighted by molar-refractivity contribution is 14.0. The van der Waals surface area contributed by atoms with Crippen molar-refractivity contribution in [3.05, 3.63) is 11.6 Å². The van der Waals surface area contributed by atoms with Gasteiger partial charge in [0, 0.05) is 19.6 Å². The molecule has 0 atom stereocenters. The lowest BCUT2D eigenvalue weighted by atomic mass is 10.0. The molecule has 0 aromatic carbocycles. The van der Waals surface area contributed by atoms with Crippen molar-refractivity contribution < 1.29 is 4.74 Å². The molecular weight excluding hydrogens is 401 g/mol. The number of halogens is 1. The number of hydrogen-bond acceptors (Lipinski definition) is 2. The van der Waals surface area contributed by atoms with Crippen molar-refractivity contribution in [3.8, 4) is 0 Å². The van der Waals surface area contributed by atoms with Crippen LogP contribution in [0.4, 0.5) is 0 Å². The number of rotatable bonds is 8. The first-order valence-corrected chi connectivity index (χ1v) is 9.16. The van der Waals surface area contributed by atoms with E-state index in [1.807, 2.05) is 0 Å². The first-order chi connectivity index (χ1) is 10.9. The highest BCUT2D eigenvalue weighted by atomic mass is 127. The number of guanidine groups is 1. The van der Waals surface area contributed by atoms with Gasteiger partial charge in [0.1, 0.15) is 0 Å². The second-order valence-electron chi connectivity index (χ2n) is 6.42. The van der Waals surface area contributed by atoms with E-state index >= 15 is 0 Å². The molecule has 0 amide bonds. The van der Waals surface area contributed by atoms with Gasteiger partial charge in [-0.3, -0.25) is 4.99 Å². The van der Waals surface area contributed by atoms with E-state index in [0.29, 0.717) is 0 Å². The van der Waals surface area contributed by atoms with Crippen LogP contribution in [0.1, 0.15) is 58.3 Å². The van der Waals surface area contributed by atoms with E-state index in [4.69, 9.17) is 9.73 Å². The number of nitrogens with one attached hydrogen (secondary N) is 2. The average molecular weight is 435 g/mol. The second kappa shape index (κ2) is 13.0. The lowest BCUT2D eigenvalue weighted by Crippen LogP contribution is -2.38. The van der Waals surface area contributed by atoms with E-state index in [2.05, 4.69) is 23.6 Å². The Bertz CT molecular complexity index is 365. The van der Waals surface area contributed by atoms with Crippen LogP contribution in [0.5, 0.6) is 0 Å². The maximum Gasteiger partial charge on any atom is 0.191 e. The summed E-state index contributed by atoms with van der Waals surface area (Å²) in [4.78, 5) is 4.71. The van der Waals surface area contributed by atoms with Crippen LogP contribution < -0.4 is 10.6 Å². The van der Waals surface area contributed by atoms with E-state index in [1.54, 1.807) is 0 Å². The van der Waals surface area contributed by atoms with Crippen molar-refractivity contribution in [2.45, 2.75) is 58.3 Å². The minimum absolute atomic E-state index is 0. The van der Waals surface area contributed by atoms with Crippen LogP contribution in [-0.4, -0.2) is 38.8 Å². The Balaban J connectivity index is 0.00000264. The highest BCUT2D eigenvalue weighted by Gasteiger charge is 2.13. The van der Waals surface area contributed by atoms with Crippen LogP contribution in [0.25, 0.3) is 0 Å². The lowest BCUT2D eigenvalue weighted by molar-refractivity contribution is 0.153. The zero-order chi connectivity index (χ0) is 15.5. The molecule has 0 bridgehead atoms. The lowest BCUT2D eigenvalue weighted by Gasteiger charge is -2.15. The molecule has 1 heterocycles. The van der Waals surface area contributed by atoms with E-state index < -0.39 is 0 Å². The molecule has 2 N–H and O–H groups in total. The molecule has 0 saturated heterocycles. The molecule has 2 rings (SSSR count). The summed E-state index contributed by atoms with van der Waals surface area (Å²) >= 11 is 0. The van der Waals surface area contributed by atoms with Gasteiger partial charge in [0.25, 0.3) is 0 Å². The maximum atomic E-state index is 5.34. The van der Waals surface area contributed by atoms with Crippen molar-refractivity contribution in [3.63, 3.8) is 0 Å². The Morgan fingerprint density at radius 2 is 2.13 bits per heavy atom. The molecule has 0 aromatic heterocycles. The summed E-state index contributed by atoms with van der Waals surface area (Å²) < 4.78 is 5.34. The summed E-state index contributed by atoms with van der Waals surface area (Å²) in [7, 11) is 0. The summed E-state index contributed by atoms with van der Waals surface area (Å²) in [6.45, 7) is 6.61. The summed E-state index contributed by atoms with van der Waals surface area (Å²) in [5, 5.41) is 6.80. The molecule has 2 aliphatic rings. The first-order valence-electron chi connectivity index (χ1n) is 9.16. The van der Waals surface area contributed by atoms with Crippen LogP contribution in [0, 0.1) is 5.92 Å². The molecule has 1 fully saturated rings. The first kappa shape index (κ1) is 20.7. The monoisotopic (exact) mass is 435 g/mol. The Kier molecular flexibility index (Phi) is 11.8. The van der Waals surface area contributed by atoms with Crippen LogP contribution in [-0.2, 0) is 4.74 Å². The number of aliphatic imine (C=N–C) groups is 1. The van der Waals surface area contributed by atoms with Crippen LogP contribution >= 0.6 is 24.0 Å². The quantitative estimate of drug-likeness (QED) is 0.200. The second-order valence-corrected chi connectivity index (χ2v) is 6.42. The molecular formula is C18H34IN3O. The van der Waals surface area contributed by atoms with E-state index in [0.717, 1.165) is 57.6 Å². The molecule has 1 aliphatic heterocycles. The van der Waals surface area contributed by atoms with Gasteiger partial charge in [0.15, 0.2) is 5.96 Å². The minimum atomic E-state index is 0. The van der Waals surface area contributed by atoms with Gasteiger partial charge in [0.05, 0.1) is 13.2 Å². The molecule has 0 radical (unpaired) electrons. The molecule has 5 heteroatoms. The van der Waals surface area contributed by atoms with Gasteiger partial charge < -0.3 is 15.4 Å². The third-order valence-electron chi connectivity index (χ3n) is 4.66. The zero-order valence-electron chi connectivity index (χ0n) is 14.6. The number of nitrogens with zero attached hydrogens (tertiary/aromatic N) is 1. The SMILES string of the molecule is CCNC(=NCCCC1CCCC1)NCCC1=CCOCC1.I. The topological polar surface area (TPSA) is 45.7 Å². The fourth-order valence-corrected chi connectivity index (χ4v) is 3.35. The summed E-state index contributed by atoms with van der Waals surface area (Å²) in [6, 6.07) is 0. The molecule has 1 saturated carbocycles. The molecule has 23 heavy (non-hydrogen) atoms. The maximum absolute atomic E-state index is 5.34. The fraction of sp³-hybridized carbons (Fsp3) is 0.833. The third-order valence-corrected chi connectivity index (χ3v) is 4.66. The van der Waals surface area contributed by atoms with E-state index in [-0.39, 0.29) is 24.0 Å². The Morgan fingerprint density at radius 1 is 1.30 bits per heavy atom. The highest BCUT2D eigenvalue weighted by Crippen LogP contribution is 2.28. The van der Waals surface area contributed by atoms with Gasteiger partial charge >= 0.3 is 0 Å². The van der Waals surface area contributed by atoms with Crippen molar-refractivity contribution in [2.75, 3.05) is 32.8 Å². The number of hydrogen-bond donors (Lipinski definition) is 2. The minimum Gasteiger partial charge on any atom is -0.377 e. The van der Waals surface area contributed by atoms with Crippen molar-refractivity contribution in [2.24, 2.45) is 10.9 Å². The average Bonchev–Trinajstić information content (AvgIpc) is 3.06. The fourth-order valence-electron chi connectivity index (χ4n) is 3.35. The van der Waals surface area contributed by atoms with Gasteiger partial charge in [-0.05, 0) is 38.5 Å². The number of ether oxygens (including phenoxy) is 1. The van der Waals surface area contributed by atoms with Gasteiger partial charge in [-0.2, -0.15) is 0 Å². The van der Waals surface area contributed by atoms with Gasteiger partial charge in [-0.1, -0.05) is 37.3 Å². The van der Waals surface area contributed by atoms with Crippen molar-refractivity contribution in [1.29, 1.82) is 0 Å². The normalized spacial score (nSPS) is 19.2. The van der Waals surface area contributed by atoms with E-state index in [1.165, 1.54) is 44.1 Å². The molecule has 4 nitrogen and oxygen atoms in total. The molecule has 0 unspecified atom stereocenters. The summed E-state index contributed by atoms with van der Waals surface area (Å²) in [5.74, 6) is 1.95. The summed E-state index contributed by atoms with van der Waals surface area (Å²) in [5.41, 5.74) is 1.51. The van der Waals surface area contributed by atoms with E-state index in [9.17, 15) is 0 Å². The Labute approximate surface area is 158 Å². The van der Waals surface area contributed by atoms with Crippen molar-refractivity contribution >= 4 is 29.9 Å². The summed E-state index contributed by atoms with van der Waals surface area (Å²) in [6.07, 6.45) is 12.8. The molecule has 0 aromatic rings. The predicted octanol–water partition coefficient (Wildman–Crippen LogP) is 3.87. The van der Waals surface area contributed by atoms with Crippen LogP contribution in [0.3, 0.4) is 0 Å².